The molecular weight excluding hydrogens is 439 g/mol. The van der Waals surface area contributed by atoms with Crippen LogP contribution in [0.25, 0.3) is 0 Å². The van der Waals surface area contributed by atoms with Gasteiger partial charge in [-0.3, -0.25) is 4.99 Å². The van der Waals surface area contributed by atoms with Crippen LogP contribution in [-0.2, 0) is 4.74 Å². The number of guanidine groups is 1. The van der Waals surface area contributed by atoms with Gasteiger partial charge in [0.15, 0.2) is 5.96 Å². The predicted octanol–water partition coefficient (Wildman–Crippen LogP) is 3.21. The lowest BCUT2D eigenvalue weighted by Gasteiger charge is -2.26. The molecule has 2 saturated heterocycles. The second-order valence-electron chi connectivity index (χ2n) is 7.22. The third-order valence-corrected chi connectivity index (χ3v) is 5.53. The highest BCUT2D eigenvalue weighted by Crippen LogP contribution is 2.38. The van der Waals surface area contributed by atoms with Gasteiger partial charge in [0.1, 0.15) is 0 Å². The SMILES string of the molecule is CCN(CCCNC(=NC)N1CCC2(CCOC2)C1)c1ccccc1.I. The summed E-state index contributed by atoms with van der Waals surface area (Å²) in [6.45, 7) is 9.28. The summed E-state index contributed by atoms with van der Waals surface area (Å²) in [7, 11) is 1.89. The Balaban J connectivity index is 0.00000243. The molecule has 1 aromatic carbocycles. The molecule has 146 valence electrons. The van der Waals surface area contributed by atoms with Crippen molar-refractivity contribution in [3.63, 3.8) is 0 Å². The predicted molar refractivity (Wildman–Crippen MR) is 120 cm³/mol. The fraction of sp³-hybridized carbons (Fsp3) is 0.650. The molecule has 2 aliphatic heterocycles. The fourth-order valence-electron chi connectivity index (χ4n) is 4.00. The van der Waals surface area contributed by atoms with Crippen LogP contribution in [0.1, 0.15) is 26.2 Å². The summed E-state index contributed by atoms with van der Waals surface area (Å²) < 4.78 is 5.63. The van der Waals surface area contributed by atoms with Crippen LogP contribution in [0.2, 0.25) is 0 Å². The van der Waals surface area contributed by atoms with Gasteiger partial charge < -0.3 is 19.9 Å². The topological polar surface area (TPSA) is 40.1 Å². The van der Waals surface area contributed by atoms with E-state index in [1.165, 1.54) is 18.5 Å². The summed E-state index contributed by atoms with van der Waals surface area (Å²) in [5.74, 6) is 1.05. The lowest BCUT2D eigenvalue weighted by molar-refractivity contribution is 0.156. The average Bonchev–Trinajstić information content (AvgIpc) is 3.29. The second kappa shape index (κ2) is 10.3. The maximum absolute atomic E-state index is 5.63. The maximum atomic E-state index is 5.63. The molecular formula is C20H33IN4O. The Labute approximate surface area is 175 Å². The van der Waals surface area contributed by atoms with Gasteiger partial charge in [0.2, 0.25) is 0 Å². The molecule has 0 saturated carbocycles. The zero-order valence-electron chi connectivity index (χ0n) is 16.1. The van der Waals surface area contributed by atoms with E-state index in [0.29, 0.717) is 5.41 Å². The standard InChI is InChI=1S/C20H32N4O.HI/c1-3-23(18-8-5-4-6-9-18)13-7-12-22-19(21-2)24-14-10-20(16-24)11-15-25-17-20;/h4-6,8-9H,3,7,10-17H2,1-2H3,(H,21,22);1H. The van der Waals surface area contributed by atoms with Crippen LogP contribution in [0.5, 0.6) is 0 Å². The number of rotatable bonds is 6. The summed E-state index contributed by atoms with van der Waals surface area (Å²) in [6, 6.07) is 10.6. The fourth-order valence-corrected chi connectivity index (χ4v) is 4.00. The van der Waals surface area contributed by atoms with Gasteiger partial charge in [-0.15, -0.1) is 24.0 Å². The highest BCUT2D eigenvalue weighted by Gasteiger charge is 2.42. The minimum absolute atomic E-state index is 0. The molecule has 0 radical (unpaired) electrons. The Morgan fingerprint density at radius 2 is 2.12 bits per heavy atom. The first-order chi connectivity index (χ1) is 12.3. The van der Waals surface area contributed by atoms with Crippen LogP contribution in [-0.4, -0.2) is 63.8 Å². The minimum Gasteiger partial charge on any atom is -0.381 e. The van der Waals surface area contributed by atoms with Gasteiger partial charge in [0.05, 0.1) is 6.61 Å². The summed E-state index contributed by atoms with van der Waals surface area (Å²) in [5.41, 5.74) is 1.68. The number of anilines is 1. The van der Waals surface area contributed by atoms with E-state index in [2.05, 4.69) is 57.4 Å². The molecule has 0 aliphatic carbocycles. The molecule has 0 aromatic heterocycles. The summed E-state index contributed by atoms with van der Waals surface area (Å²) in [5, 5.41) is 3.56. The summed E-state index contributed by atoms with van der Waals surface area (Å²) in [6.07, 6.45) is 3.53. The van der Waals surface area contributed by atoms with Crippen molar-refractivity contribution in [3.05, 3.63) is 30.3 Å². The van der Waals surface area contributed by atoms with E-state index < -0.39 is 0 Å². The van der Waals surface area contributed by atoms with Crippen molar-refractivity contribution < 1.29 is 4.74 Å². The zero-order valence-corrected chi connectivity index (χ0v) is 18.4. The molecule has 1 aromatic rings. The van der Waals surface area contributed by atoms with E-state index in [-0.39, 0.29) is 24.0 Å². The summed E-state index contributed by atoms with van der Waals surface area (Å²) >= 11 is 0. The van der Waals surface area contributed by atoms with Crippen LogP contribution in [0.15, 0.2) is 35.3 Å². The molecule has 0 amide bonds. The van der Waals surface area contributed by atoms with Gasteiger partial charge in [-0.25, -0.2) is 0 Å². The smallest absolute Gasteiger partial charge is 0.193 e. The monoisotopic (exact) mass is 472 g/mol. The number of benzene rings is 1. The zero-order chi connectivity index (χ0) is 17.5. The molecule has 1 unspecified atom stereocenters. The van der Waals surface area contributed by atoms with Crippen LogP contribution >= 0.6 is 24.0 Å². The Bertz CT molecular complexity index is 560. The van der Waals surface area contributed by atoms with Crippen LogP contribution in [0.3, 0.4) is 0 Å². The van der Waals surface area contributed by atoms with E-state index in [0.717, 1.165) is 58.3 Å². The van der Waals surface area contributed by atoms with Crippen molar-refractivity contribution in [2.24, 2.45) is 10.4 Å². The largest absolute Gasteiger partial charge is 0.381 e. The highest BCUT2D eigenvalue weighted by atomic mass is 127. The van der Waals surface area contributed by atoms with E-state index >= 15 is 0 Å². The molecule has 0 bridgehead atoms. The maximum Gasteiger partial charge on any atom is 0.193 e. The third kappa shape index (κ3) is 5.25. The lowest BCUT2D eigenvalue weighted by atomic mass is 9.87. The van der Waals surface area contributed by atoms with Crippen LogP contribution in [0, 0.1) is 5.41 Å². The first-order valence-electron chi connectivity index (χ1n) is 9.60. The number of ether oxygens (including phenoxy) is 1. The van der Waals surface area contributed by atoms with Crippen molar-refractivity contribution in [1.82, 2.24) is 10.2 Å². The molecule has 6 heteroatoms. The van der Waals surface area contributed by atoms with Gasteiger partial charge in [-0.1, -0.05) is 18.2 Å². The number of nitrogens with one attached hydrogen (secondary N) is 1. The van der Waals surface area contributed by atoms with Crippen molar-refractivity contribution in [1.29, 1.82) is 0 Å². The van der Waals surface area contributed by atoms with Crippen molar-refractivity contribution in [2.75, 3.05) is 57.9 Å². The molecule has 2 aliphatic rings. The number of hydrogen-bond donors (Lipinski definition) is 1. The van der Waals surface area contributed by atoms with Crippen molar-refractivity contribution in [3.8, 4) is 0 Å². The number of aliphatic imine (C=N–C) groups is 1. The molecule has 1 N–H and O–H groups in total. The Morgan fingerprint density at radius 3 is 2.77 bits per heavy atom. The molecule has 2 fully saturated rings. The van der Waals surface area contributed by atoms with Gasteiger partial charge in [-0.05, 0) is 38.3 Å². The molecule has 2 heterocycles. The van der Waals surface area contributed by atoms with E-state index in [9.17, 15) is 0 Å². The van der Waals surface area contributed by atoms with Gasteiger partial charge in [0, 0.05) is 57.5 Å². The highest BCUT2D eigenvalue weighted by molar-refractivity contribution is 14.0. The van der Waals surface area contributed by atoms with E-state index in [1.807, 2.05) is 7.05 Å². The first kappa shape index (κ1) is 21.3. The Hall–Kier alpha value is -1.02. The van der Waals surface area contributed by atoms with Crippen LogP contribution in [0.4, 0.5) is 5.69 Å². The van der Waals surface area contributed by atoms with Crippen molar-refractivity contribution >= 4 is 35.6 Å². The second-order valence-corrected chi connectivity index (χ2v) is 7.22. The Morgan fingerprint density at radius 1 is 1.31 bits per heavy atom. The van der Waals surface area contributed by atoms with Crippen molar-refractivity contribution in [2.45, 2.75) is 26.2 Å². The average molecular weight is 472 g/mol. The number of likely N-dealkylation sites (tertiary alicyclic amines) is 1. The van der Waals surface area contributed by atoms with Crippen LogP contribution < -0.4 is 10.2 Å². The van der Waals surface area contributed by atoms with E-state index in [4.69, 9.17) is 4.74 Å². The normalized spacial score (nSPS) is 22.5. The Kier molecular flexibility index (Phi) is 8.47. The molecule has 1 spiro atoms. The first-order valence-corrected chi connectivity index (χ1v) is 9.60. The van der Waals surface area contributed by atoms with Gasteiger partial charge in [0.25, 0.3) is 0 Å². The lowest BCUT2D eigenvalue weighted by Crippen LogP contribution is -2.42. The number of nitrogens with zero attached hydrogens (tertiary/aromatic N) is 3. The third-order valence-electron chi connectivity index (χ3n) is 5.53. The number of para-hydroxylation sites is 1. The molecule has 26 heavy (non-hydrogen) atoms. The van der Waals surface area contributed by atoms with Gasteiger partial charge >= 0.3 is 0 Å². The number of hydrogen-bond acceptors (Lipinski definition) is 3. The van der Waals surface area contributed by atoms with E-state index in [1.54, 1.807) is 0 Å². The number of halogens is 1. The molecule has 5 nitrogen and oxygen atoms in total. The minimum atomic E-state index is 0. The quantitative estimate of drug-likeness (QED) is 0.299. The molecule has 3 rings (SSSR count). The van der Waals surface area contributed by atoms with Gasteiger partial charge in [-0.2, -0.15) is 0 Å². The molecule has 1 atom stereocenters. The summed E-state index contributed by atoms with van der Waals surface area (Å²) in [4.78, 5) is 9.32.